The molecular weight excluding hydrogens is 260 g/mol. The predicted octanol–water partition coefficient (Wildman–Crippen LogP) is 2.55. The summed E-state index contributed by atoms with van der Waals surface area (Å²) in [5, 5.41) is 8.52. The van der Waals surface area contributed by atoms with E-state index in [1.54, 1.807) is 40.0 Å². The molecule has 0 bridgehead atoms. The first-order valence-corrected chi connectivity index (χ1v) is 6.03. The summed E-state index contributed by atoms with van der Waals surface area (Å²) in [5.74, 6) is -0.605. The van der Waals surface area contributed by atoms with Gasteiger partial charge in [0.15, 0.2) is 0 Å². The number of rotatable bonds is 3. The number of pyridine rings is 1. The summed E-state index contributed by atoms with van der Waals surface area (Å²) in [6.07, 6.45) is 3.43. The van der Waals surface area contributed by atoms with Gasteiger partial charge in [-0.1, -0.05) is 0 Å². The zero-order chi connectivity index (χ0) is 15.3. The van der Waals surface area contributed by atoms with Crippen LogP contribution in [0.1, 0.15) is 26.3 Å². The van der Waals surface area contributed by atoms with Crippen LogP contribution >= 0.6 is 0 Å². The van der Waals surface area contributed by atoms with Crippen molar-refractivity contribution >= 4 is 24.0 Å². The smallest absolute Gasteiger partial charge is 0.415 e. The molecule has 0 fully saturated rings. The van der Waals surface area contributed by atoms with Gasteiger partial charge in [0.1, 0.15) is 11.4 Å². The first-order valence-electron chi connectivity index (χ1n) is 6.03. The highest BCUT2D eigenvalue weighted by Gasteiger charge is 2.20. The molecule has 0 atom stereocenters. The topological polar surface area (TPSA) is 79.7 Å². The lowest BCUT2D eigenvalue weighted by molar-refractivity contribution is -0.131. The summed E-state index contributed by atoms with van der Waals surface area (Å²) < 4.78 is 5.22. The minimum absolute atomic E-state index is 0.423. The Morgan fingerprint density at radius 2 is 2.00 bits per heavy atom. The van der Waals surface area contributed by atoms with Crippen molar-refractivity contribution in [3.05, 3.63) is 30.0 Å². The number of carboxylic acid groups (broad SMARTS) is 1. The van der Waals surface area contributed by atoms with Gasteiger partial charge in [0.25, 0.3) is 0 Å². The molecule has 1 amide bonds. The van der Waals surface area contributed by atoms with E-state index in [-0.39, 0.29) is 0 Å². The predicted molar refractivity (Wildman–Crippen MR) is 75.5 cm³/mol. The van der Waals surface area contributed by atoms with Crippen LogP contribution in [-0.2, 0) is 9.53 Å². The maximum absolute atomic E-state index is 11.8. The van der Waals surface area contributed by atoms with Crippen molar-refractivity contribution in [3.8, 4) is 0 Å². The second-order valence-electron chi connectivity index (χ2n) is 5.16. The molecular formula is C14H18N2O4. The molecule has 6 nitrogen and oxygen atoms in total. The van der Waals surface area contributed by atoms with Crippen molar-refractivity contribution in [2.45, 2.75) is 26.4 Å². The Hall–Kier alpha value is -2.37. The summed E-state index contributed by atoms with van der Waals surface area (Å²) in [7, 11) is 1.56. The van der Waals surface area contributed by atoms with E-state index in [2.05, 4.69) is 4.98 Å². The minimum atomic E-state index is -1.03. The number of hydrogen-bond acceptors (Lipinski definition) is 4. The fourth-order valence-corrected chi connectivity index (χ4v) is 1.29. The number of aromatic nitrogens is 1. The van der Waals surface area contributed by atoms with Crippen molar-refractivity contribution < 1.29 is 19.4 Å². The van der Waals surface area contributed by atoms with E-state index in [1.807, 2.05) is 0 Å². The Balaban J connectivity index is 2.78. The van der Waals surface area contributed by atoms with Crippen LogP contribution < -0.4 is 4.90 Å². The highest BCUT2D eigenvalue weighted by molar-refractivity contribution is 5.87. The average molecular weight is 278 g/mol. The van der Waals surface area contributed by atoms with Crippen LogP contribution in [0.2, 0.25) is 0 Å². The van der Waals surface area contributed by atoms with Crippen LogP contribution in [0.5, 0.6) is 0 Å². The minimum Gasteiger partial charge on any atom is -0.478 e. The average Bonchev–Trinajstić information content (AvgIpc) is 2.34. The summed E-state index contributed by atoms with van der Waals surface area (Å²) in [4.78, 5) is 27.6. The maximum Gasteiger partial charge on any atom is 0.415 e. The van der Waals surface area contributed by atoms with Crippen LogP contribution in [-0.4, -0.2) is 34.8 Å². The van der Waals surface area contributed by atoms with Crippen molar-refractivity contribution in [2.75, 3.05) is 11.9 Å². The molecule has 1 aromatic rings. The Kier molecular flexibility index (Phi) is 4.85. The van der Waals surface area contributed by atoms with Crippen molar-refractivity contribution in [3.63, 3.8) is 0 Å². The quantitative estimate of drug-likeness (QED) is 0.859. The van der Waals surface area contributed by atoms with Crippen molar-refractivity contribution in [1.29, 1.82) is 0 Å². The van der Waals surface area contributed by atoms with Crippen molar-refractivity contribution in [2.24, 2.45) is 0 Å². The Morgan fingerprint density at radius 1 is 1.35 bits per heavy atom. The second kappa shape index (κ2) is 6.18. The van der Waals surface area contributed by atoms with E-state index < -0.39 is 17.7 Å². The van der Waals surface area contributed by atoms with Crippen LogP contribution in [0.4, 0.5) is 10.6 Å². The maximum atomic E-state index is 11.8. The summed E-state index contributed by atoms with van der Waals surface area (Å²) >= 11 is 0. The molecule has 1 N–H and O–H groups in total. The molecule has 0 aliphatic rings. The summed E-state index contributed by atoms with van der Waals surface area (Å²) in [6, 6.07) is 3.29. The number of carboxylic acids is 1. The van der Waals surface area contributed by atoms with E-state index in [0.29, 0.717) is 11.4 Å². The molecule has 0 aromatic carbocycles. The van der Waals surface area contributed by atoms with Gasteiger partial charge in [-0.3, -0.25) is 4.90 Å². The number of anilines is 1. The van der Waals surface area contributed by atoms with Gasteiger partial charge in [-0.2, -0.15) is 0 Å². The van der Waals surface area contributed by atoms with Gasteiger partial charge in [-0.25, -0.2) is 14.6 Å². The highest BCUT2D eigenvalue weighted by atomic mass is 16.6. The molecule has 0 aliphatic carbocycles. The van der Waals surface area contributed by atoms with Crippen LogP contribution in [0, 0.1) is 0 Å². The van der Waals surface area contributed by atoms with E-state index in [1.165, 1.54) is 17.2 Å². The lowest BCUT2D eigenvalue weighted by atomic mass is 10.2. The van der Waals surface area contributed by atoms with E-state index in [0.717, 1.165) is 6.08 Å². The lowest BCUT2D eigenvalue weighted by Crippen LogP contribution is -2.34. The molecule has 0 saturated carbocycles. The normalized spacial score (nSPS) is 11.4. The molecule has 1 rings (SSSR count). The van der Waals surface area contributed by atoms with Crippen LogP contribution in [0.15, 0.2) is 24.4 Å². The number of carbonyl (C=O) groups is 2. The molecule has 0 radical (unpaired) electrons. The standard InChI is InChI=1S/C14H18N2O4/c1-14(2,3)20-13(19)16(4)11-7-5-10(9-15-11)6-8-12(17)18/h5-9H,1-4H3,(H,17,18)/b8-6+. The van der Waals surface area contributed by atoms with E-state index >= 15 is 0 Å². The Morgan fingerprint density at radius 3 is 2.45 bits per heavy atom. The first kappa shape index (κ1) is 15.7. The molecule has 1 heterocycles. The van der Waals surface area contributed by atoms with Gasteiger partial charge in [0, 0.05) is 19.3 Å². The summed E-state index contributed by atoms with van der Waals surface area (Å²) in [6.45, 7) is 5.35. The van der Waals surface area contributed by atoms with Gasteiger partial charge in [0.2, 0.25) is 0 Å². The zero-order valence-corrected chi connectivity index (χ0v) is 12.0. The third kappa shape index (κ3) is 5.09. The molecule has 6 heteroatoms. The molecule has 0 aliphatic heterocycles. The number of nitrogens with zero attached hydrogens (tertiary/aromatic N) is 2. The Labute approximate surface area is 117 Å². The zero-order valence-electron chi connectivity index (χ0n) is 12.0. The number of aliphatic carboxylic acids is 1. The van der Waals surface area contributed by atoms with Gasteiger partial charge in [-0.05, 0) is 44.5 Å². The van der Waals surface area contributed by atoms with Gasteiger partial charge < -0.3 is 9.84 Å². The molecule has 1 aromatic heterocycles. The second-order valence-corrected chi connectivity index (χ2v) is 5.16. The van der Waals surface area contributed by atoms with Gasteiger partial charge >= 0.3 is 12.1 Å². The lowest BCUT2D eigenvalue weighted by Gasteiger charge is -2.24. The third-order valence-corrected chi connectivity index (χ3v) is 2.20. The van der Waals surface area contributed by atoms with Crippen molar-refractivity contribution in [1.82, 2.24) is 4.98 Å². The van der Waals surface area contributed by atoms with E-state index in [9.17, 15) is 9.59 Å². The molecule has 0 saturated heterocycles. The van der Waals surface area contributed by atoms with Gasteiger partial charge in [0.05, 0.1) is 0 Å². The number of ether oxygens (including phenoxy) is 1. The number of carbonyl (C=O) groups excluding carboxylic acids is 1. The highest BCUT2D eigenvalue weighted by Crippen LogP contribution is 2.15. The first-order chi connectivity index (χ1) is 9.19. The number of hydrogen-bond donors (Lipinski definition) is 1. The molecule has 0 spiro atoms. The fourth-order valence-electron chi connectivity index (χ4n) is 1.29. The van der Waals surface area contributed by atoms with Crippen LogP contribution in [0.3, 0.4) is 0 Å². The fraction of sp³-hybridized carbons (Fsp3) is 0.357. The number of amides is 1. The molecule has 108 valence electrons. The molecule has 20 heavy (non-hydrogen) atoms. The largest absolute Gasteiger partial charge is 0.478 e. The monoisotopic (exact) mass is 278 g/mol. The van der Waals surface area contributed by atoms with Gasteiger partial charge in [-0.15, -0.1) is 0 Å². The molecule has 0 unspecified atom stereocenters. The van der Waals surface area contributed by atoms with Crippen LogP contribution in [0.25, 0.3) is 6.08 Å². The van der Waals surface area contributed by atoms with E-state index in [4.69, 9.17) is 9.84 Å². The third-order valence-electron chi connectivity index (χ3n) is 2.20. The Bertz CT molecular complexity index is 515. The SMILES string of the molecule is CN(C(=O)OC(C)(C)C)c1ccc(/C=C/C(=O)O)cn1. The summed E-state index contributed by atoms with van der Waals surface area (Å²) in [5.41, 5.74) is 0.0592.